The van der Waals surface area contributed by atoms with Crippen molar-refractivity contribution >= 4 is 47.1 Å². The highest BCUT2D eigenvalue weighted by Crippen LogP contribution is 2.26. The Kier molecular flexibility index (Phi) is 31.0. The summed E-state index contributed by atoms with van der Waals surface area (Å²) in [6, 6.07) is 20.1. The number of methoxy groups -OCH3 is 3. The van der Waals surface area contributed by atoms with Crippen LogP contribution in [0.1, 0.15) is 123 Å². The van der Waals surface area contributed by atoms with Gasteiger partial charge in [0.25, 0.3) is 17.7 Å². The van der Waals surface area contributed by atoms with Crippen molar-refractivity contribution in [3.63, 3.8) is 0 Å². The van der Waals surface area contributed by atoms with Crippen LogP contribution in [0.25, 0.3) is 0 Å². The number of hydrogen-bond donors (Lipinski definition) is 7. The molecule has 0 aliphatic carbocycles. The Bertz CT molecular complexity index is 2160. The highest BCUT2D eigenvalue weighted by Gasteiger charge is 2.34. The number of carbonyl (C=O) groups is 8. The van der Waals surface area contributed by atoms with Crippen molar-refractivity contribution in [1.29, 1.82) is 0 Å². The largest absolute Gasteiger partial charge is 0.497 e. The van der Waals surface area contributed by atoms with Crippen molar-refractivity contribution in [2.75, 3.05) is 100 Å². The Labute approximate surface area is 471 Å². The summed E-state index contributed by atoms with van der Waals surface area (Å²) in [4.78, 5) is 103. The van der Waals surface area contributed by atoms with Crippen molar-refractivity contribution in [2.24, 2.45) is 17.3 Å². The summed E-state index contributed by atoms with van der Waals surface area (Å²) in [5.41, 5.74) is -0.394. The molecule has 7 N–H and O–H groups in total. The number of rotatable bonds is 40. The molecule has 0 aromatic heterocycles. The van der Waals surface area contributed by atoms with E-state index in [2.05, 4.69) is 37.2 Å². The summed E-state index contributed by atoms with van der Waals surface area (Å²) in [7, 11) is 4.63. The molecule has 2 unspecified atom stereocenters. The van der Waals surface area contributed by atoms with Gasteiger partial charge in [-0.1, -0.05) is 34.6 Å². The predicted molar refractivity (Wildman–Crippen MR) is 303 cm³/mol. The normalized spacial score (nSPS) is 12.0. The molecule has 2 atom stereocenters. The van der Waals surface area contributed by atoms with E-state index in [0.717, 1.165) is 0 Å². The van der Waals surface area contributed by atoms with E-state index in [0.29, 0.717) is 105 Å². The first kappa shape index (κ1) is 67.2. The van der Waals surface area contributed by atoms with Gasteiger partial charge >= 0.3 is 0 Å². The second kappa shape index (κ2) is 37.0. The molecule has 3 aromatic carbocycles. The number of Topliss-reactive ketones (excluding diaryl/α,β-unsaturated/α-hetero) is 1. The van der Waals surface area contributed by atoms with Crippen molar-refractivity contribution in [3.8, 4) is 17.2 Å². The van der Waals surface area contributed by atoms with E-state index < -0.39 is 11.0 Å². The lowest BCUT2D eigenvalue weighted by molar-refractivity contribution is -0.131. The fourth-order valence-corrected chi connectivity index (χ4v) is 8.19. The predicted octanol–water partition coefficient (Wildman–Crippen LogP) is 4.95. The van der Waals surface area contributed by atoms with Gasteiger partial charge in [0.15, 0.2) is 0 Å². The molecule has 0 saturated carbocycles. The molecular weight excluding hydrogens is 1030 g/mol. The molecule has 3 aromatic rings. The van der Waals surface area contributed by atoms with E-state index in [-0.39, 0.29) is 124 Å². The molecule has 0 aliphatic rings. The smallest absolute Gasteiger partial charge is 0.251 e. The fourth-order valence-electron chi connectivity index (χ4n) is 8.19. The maximum absolute atomic E-state index is 13.9. The van der Waals surface area contributed by atoms with Crippen LogP contribution in [0.5, 0.6) is 17.2 Å². The fraction of sp³-hybridized carbons (Fsp3) is 0.559. The van der Waals surface area contributed by atoms with Crippen LogP contribution < -0.4 is 51.4 Å². The average molecular weight is 1120 g/mol. The van der Waals surface area contributed by atoms with E-state index >= 15 is 0 Å². The maximum atomic E-state index is 13.9. The van der Waals surface area contributed by atoms with Crippen LogP contribution in [0, 0.1) is 17.3 Å². The number of carbonyl (C=O) groups excluding carboxylic acids is 8. The summed E-state index contributed by atoms with van der Waals surface area (Å²) in [6.07, 6.45) is 2.55. The monoisotopic (exact) mass is 1120 g/mol. The van der Waals surface area contributed by atoms with Gasteiger partial charge in [0.05, 0.1) is 61.0 Å². The van der Waals surface area contributed by atoms with Crippen molar-refractivity contribution in [2.45, 2.75) is 97.9 Å². The summed E-state index contributed by atoms with van der Waals surface area (Å²) < 4.78 is 33.7. The minimum atomic E-state index is -1.34. The van der Waals surface area contributed by atoms with Crippen LogP contribution in [-0.4, -0.2) is 153 Å². The first-order chi connectivity index (χ1) is 38.3. The van der Waals surface area contributed by atoms with Gasteiger partial charge in [-0.3, -0.25) is 38.4 Å². The first-order valence-corrected chi connectivity index (χ1v) is 27.4. The lowest BCUT2D eigenvalue weighted by atomic mass is 9.80. The van der Waals surface area contributed by atoms with Gasteiger partial charge in [-0.05, 0) is 111 Å². The van der Waals surface area contributed by atoms with Gasteiger partial charge < -0.3 is 65.6 Å². The van der Waals surface area contributed by atoms with Crippen LogP contribution in [0.3, 0.4) is 0 Å². The zero-order chi connectivity index (χ0) is 58.8. The van der Waals surface area contributed by atoms with Crippen molar-refractivity contribution in [1.82, 2.24) is 37.2 Å². The van der Waals surface area contributed by atoms with Crippen LogP contribution in [0.15, 0.2) is 72.8 Å². The standard InChI is InChI=1S/C59H87N7O14/c1-42(38-43(2)54(71)58(3,4)5)12-25-53(70)66-59(39-78-35-26-50(67)60-29-9-32-63-55(72)44-13-19-47(75-6)20-14-44,40-79-36-27-51(68)61-30-10-33-64-56(73)45-15-21-48(76-7)22-16-45)41-80-37-28-52(69)62-31-11-34-65-57(74)46-17-23-49(77-8)24-18-46/h13-24,42-43H,9-12,25-41H2,1-8H3,(H,60,67)(H,61,68)(H,62,69)(H,63,72)(H,64,73)(H,65,74)(H,66,70). The lowest BCUT2D eigenvalue weighted by Crippen LogP contribution is -2.58. The minimum Gasteiger partial charge on any atom is -0.497 e. The number of ether oxygens (including phenoxy) is 6. The van der Waals surface area contributed by atoms with Crippen LogP contribution in [-0.2, 0) is 38.2 Å². The van der Waals surface area contributed by atoms with E-state index in [1.54, 1.807) is 94.1 Å². The second-order valence-electron chi connectivity index (χ2n) is 20.7. The van der Waals surface area contributed by atoms with Crippen molar-refractivity contribution in [3.05, 3.63) is 89.5 Å². The van der Waals surface area contributed by atoms with E-state index in [4.69, 9.17) is 28.4 Å². The second-order valence-corrected chi connectivity index (χ2v) is 20.7. The molecule has 0 radical (unpaired) electrons. The minimum absolute atomic E-state index is 0.0242. The van der Waals surface area contributed by atoms with Crippen LogP contribution >= 0.6 is 0 Å². The molecule has 0 bridgehead atoms. The Morgan fingerprint density at radius 2 is 0.750 bits per heavy atom. The molecule has 0 fully saturated rings. The number of ketones is 1. The summed E-state index contributed by atoms with van der Waals surface area (Å²) in [5.74, 6) is -0.0749. The Hall–Kier alpha value is -7.10. The molecule has 0 aliphatic heterocycles. The summed E-state index contributed by atoms with van der Waals surface area (Å²) in [5, 5.41) is 20.0. The average Bonchev–Trinajstić information content (AvgIpc) is 3.45. The molecule has 80 heavy (non-hydrogen) atoms. The molecule has 0 heterocycles. The van der Waals surface area contributed by atoms with Gasteiger partial charge in [-0.25, -0.2) is 0 Å². The molecule has 21 heteroatoms. The first-order valence-electron chi connectivity index (χ1n) is 27.4. The molecule has 7 amide bonds. The van der Waals surface area contributed by atoms with Gasteiger partial charge in [0.1, 0.15) is 28.6 Å². The van der Waals surface area contributed by atoms with E-state index in [1.165, 1.54) is 0 Å². The zero-order valence-corrected chi connectivity index (χ0v) is 48.1. The maximum Gasteiger partial charge on any atom is 0.251 e. The third-order valence-electron chi connectivity index (χ3n) is 12.7. The third kappa shape index (κ3) is 27.2. The Balaban J connectivity index is 1.62. The summed E-state index contributed by atoms with van der Waals surface area (Å²) >= 11 is 0. The molecule has 0 saturated heterocycles. The Morgan fingerprint density at radius 1 is 0.438 bits per heavy atom. The zero-order valence-electron chi connectivity index (χ0n) is 48.1. The van der Waals surface area contributed by atoms with E-state index in [9.17, 15) is 38.4 Å². The summed E-state index contributed by atoms with van der Waals surface area (Å²) in [6.45, 7) is 10.8. The molecule has 3 rings (SSSR count). The van der Waals surface area contributed by atoms with Crippen molar-refractivity contribution < 1.29 is 66.8 Å². The molecular formula is C59H87N7O14. The highest BCUT2D eigenvalue weighted by molar-refractivity contribution is 5.95. The number of benzene rings is 3. The molecule has 0 spiro atoms. The third-order valence-corrected chi connectivity index (χ3v) is 12.7. The van der Waals surface area contributed by atoms with Crippen LogP contribution in [0.2, 0.25) is 0 Å². The van der Waals surface area contributed by atoms with Crippen LogP contribution in [0.4, 0.5) is 0 Å². The Morgan fingerprint density at radius 3 is 1.05 bits per heavy atom. The quantitative estimate of drug-likeness (QED) is 0.0371. The van der Waals surface area contributed by atoms with Gasteiger partial charge in [-0.15, -0.1) is 0 Å². The molecule has 21 nitrogen and oxygen atoms in total. The number of hydrogen-bond acceptors (Lipinski definition) is 14. The van der Waals surface area contributed by atoms with Gasteiger partial charge in [0, 0.05) is 93.0 Å². The van der Waals surface area contributed by atoms with E-state index in [1.807, 2.05) is 34.6 Å². The SMILES string of the molecule is COc1ccc(C(=O)NCCCNC(=O)CCOCC(COCCC(=O)NCCCNC(=O)c2ccc(OC)cc2)(COCCC(=O)NCCCNC(=O)c2ccc(OC)cc2)NC(=O)CCC(C)CC(C)C(=O)C(C)(C)C)cc1. The molecule has 442 valence electrons. The number of amides is 7. The lowest BCUT2D eigenvalue weighted by Gasteiger charge is -2.34. The number of nitrogens with one attached hydrogen (secondary N) is 7. The highest BCUT2D eigenvalue weighted by atomic mass is 16.5. The van der Waals surface area contributed by atoms with Gasteiger partial charge in [0.2, 0.25) is 23.6 Å². The topological polar surface area (TPSA) is 276 Å². The van der Waals surface area contributed by atoms with Gasteiger partial charge in [-0.2, -0.15) is 0 Å².